The fourth-order valence-corrected chi connectivity index (χ4v) is 1.39. The average molecular weight is 175 g/mol. The maximum Gasteiger partial charge on any atom is 0.121 e. The summed E-state index contributed by atoms with van der Waals surface area (Å²) >= 11 is 0. The van der Waals surface area contributed by atoms with Gasteiger partial charge in [0, 0.05) is 6.42 Å². The monoisotopic (exact) mass is 175 g/mol. The molecule has 13 heavy (non-hydrogen) atoms. The molecule has 0 amide bonds. The van der Waals surface area contributed by atoms with Crippen molar-refractivity contribution in [2.24, 2.45) is 0 Å². The maximum absolute atomic E-state index is 9.49. The molecule has 2 heteroatoms. The minimum Gasteiger partial charge on any atom is -0.507 e. The summed E-state index contributed by atoms with van der Waals surface area (Å²) in [5, 5.41) is 17.9. The van der Waals surface area contributed by atoms with Crippen molar-refractivity contribution in [3.05, 3.63) is 28.8 Å². The van der Waals surface area contributed by atoms with E-state index in [1.54, 1.807) is 0 Å². The van der Waals surface area contributed by atoms with Crippen LogP contribution in [0.15, 0.2) is 12.1 Å². The summed E-state index contributed by atoms with van der Waals surface area (Å²) < 4.78 is 0. The summed E-state index contributed by atoms with van der Waals surface area (Å²) in [4.78, 5) is 0. The fraction of sp³-hybridized carbons (Fsp3) is 0.364. The van der Waals surface area contributed by atoms with Crippen LogP contribution in [0, 0.1) is 25.2 Å². The quantitative estimate of drug-likeness (QED) is 0.750. The number of nitriles is 1. The summed E-state index contributed by atoms with van der Waals surface area (Å²) in [7, 11) is 0. The maximum atomic E-state index is 9.49. The number of phenols is 1. The van der Waals surface area contributed by atoms with Gasteiger partial charge in [0.2, 0.25) is 0 Å². The molecule has 0 spiro atoms. The molecule has 0 unspecified atom stereocenters. The molecule has 0 heterocycles. The molecule has 0 atom stereocenters. The van der Waals surface area contributed by atoms with E-state index in [0.717, 1.165) is 23.1 Å². The Labute approximate surface area is 78.4 Å². The van der Waals surface area contributed by atoms with Gasteiger partial charge < -0.3 is 5.11 Å². The predicted molar refractivity (Wildman–Crippen MR) is 51.5 cm³/mol. The molecule has 0 radical (unpaired) electrons. The topological polar surface area (TPSA) is 44.0 Å². The molecule has 68 valence electrons. The van der Waals surface area contributed by atoms with Crippen LogP contribution in [0.25, 0.3) is 0 Å². The lowest BCUT2D eigenvalue weighted by Crippen LogP contribution is -1.88. The first-order chi connectivity index (χ1) is 6.15. The van der Waals surface area contributed by atoms with Crippen molar-refractivity contribution in [2.45, 2.75) is 26.7 Å². The second-order valence-electron chi connectivity index (χ2n) is 3.24. The molecule has 1 N–H and O–H groups in total. The van der Waals surface area contributed by atoms with E-state index in [2.05, 4.69) is 6.07 Å². The number of aryl methyl sites for hydroxylation is 3. The van der Waals surface area contributed by atoms with Crippen molar-refractivity contribution in [2.75, 3.05) is 0 Å². The zero-order valence-corrected chi connectivity index (χ0v) is 7.96. The first kappa shape index (κ1) is 9.60. The van der Waals surface area contributed by atoms with Crippen LogP contribution in [0.5, 0.6) is 5.75 Å². The first-order valence-electron chi connectivity index (χ1n) is 4.31. The van der Waals surface area contributed by atoms with Crippen molar-refractivity contribution in [3.63, 3.8) is 0 Å². The minimum absolute atomic E-state index is 0.362. The van der Waals surface area contributed by atoms with Crippen LogP contribution in [0.1, 0.15) is 23.1 Å². The highest BCUT2D eigenvalue weighted by Gasteiger charge is 2.02. The van der Waals surface area contributed by atoms with Gasteiger partial charge in [-0.05, 0) is 37.0 Å². The molecule has 0 aliphatic heterocycles. The lowest BCUT2D eigenvalue weighted by atomic mass is 10.0. The number of nitrogens with zero attached hydrogens (tertiary/aromatic N) is 1. The molecular weight excluding hydrogens is 162 g/mol. The smallest absolute Gasteiger partial charge is 0.121 e. The summed E-state index contributed by atoms with van der Waals surface area (Å²) in [6.45, 7) is 3.75. The van der Waals surface area contributed by atoms with Gasteiger partial charge in [-0.2, -0.15) is 5.26 Å². The summed E-state index contributed by atoms with van der Waals surface area (Å²) in [6.07, 6.45) is 1.29. The number of rotatable bonds is 2. The highest BCUT2D eigenvalue weighted by atomic mass is 16.3. The molecule has 2 nitrogen and oxygen atoms in total. The van der Waals surface area contributed by atoms with E-state index in [9.17, 15) is 5.11 Å². The van der Waals surface area contributed by atoms with Gasteiger partial charge in [0.1, 0.15) is 5.75 Å². The number of hydrogen-bond acceptors (Lipinski definition) is 2. The van der Waals surface area contributed by atoms with E-state index in [1.165, 1.54) is 0 Å². The summed E-state index contributed by atoms with van der Waals surface area (Å²) in [5.74, 6) is 0.362. The number of phenolic OH excluding ortho intramolecular Hbond substituents is 1. The molecule has 0 saturated carbocycles. The van der Waals surface area contributed by atoms with Gasteiger partial charge in [-0.25, -0.2) is 0 Å². The zero-order valence-electron chi connectivity index (χ0n) is 7.96. The molecular formula is C11H13NO. The van der Waals surface area contributed by atoms with Crippen LogP contribution in [0.2, 0.25) is 0 Å². The van der Waals surface area contributed by atoms with Gasteiger partial charge in [0.05, 0.1) is 6.07 Å². The van der Waals surface area contributed by atoms with Crippen LogP contribution in [0.4, 0.5) is 0 Å². The molecule has 1 rings (SSSR count). The predicted octanol–water partition coefficient (Wildman–Crippen LogP) is 2.47. The SMILES string of the molecule is Cc1cc(CCC#N)cc(C)c1O. The van der Waals surface area contributed by atoms with Gasteiger partial charge in [0.15, 0.2) is 0 Å². The standard InChI is InChI=1S/C11H13NO/c1-8-6-10(4-3-5-12)7-9(2)11(8)13/h6-7,13H,3-4H2,1-2H3. The van der Waals surface area contributed by atoms with Gasteiger partial charge in [-0.3, -0.25) is 0 Å². The van der Waals surface area contributed by atoms with E-state index < -0.39 is 0 Å². The van der Waals surface area contributed by atoms with Crippen LogP contribution >= 0.6 is 0 Å². The number of aromatic hydroxyl groups is 1. The molecule has 0 aliphatic carbocycles. The third-order valence-corrected chi connectivity index (χ3v) is 2.08. The van der Waals surface area contributed by atoms with Crippen molar-refractivity contribution < 1.29 is 5.11 Å². The zero-order chi connectivity index (χ0) is 9.84. The van der Waals surface area contributed by atoms with Gasteiger partial charge in [-0.15, -0.1) is 0 Å². The first-order valence-corrected chi connectivity index (χ1v) is 4.31. The van der Waals surface area contributed by atoms with Crippen LogP contribution in [0.3, 0.4) is 0 Å². The minimum atomic E-state index is 0.362. The third kappa shape index (κ3) is 2.22. The Morgan fingerprint density at radius 3 is 2.31 bits per heavy atom. The highest BCUT2D eigenvalue weighted by Crippen LogP contribution is 2.23. The van der Waals surface area contributed by atoms with Crippen molar-refractivity contribution in [1.29, 1.82) is 5.26 Å². The van der Waals surface area contributed by atoms with Gasteiger partial charge >= 0.3 is 0 Å². The highest BCUT2D eigenvalue weighted by molar-refractivity contribution is 5.42. The summed E-state index contributed by atoms with van der Waals surface area (Å²) in [6, 6.07) is 5.97. The number of hydrogen-bond donors (Lipinski definition) is 1. The Morgan fingerprint density at radius 2 is 1.85 bits per heavy atom. The third-order valence-electron chi connectivity index (χ3n) is 2.08. The molecule has 0 aromatic heterocycles. The Morgan fingerprint density at radius 1 is 1.31 bits per heavy atom. The molecule has 0 bridgehead atoms. The number of benzene rings is 1. The fourth-order valence-electron chi connectivity index (χ4n) is 1.39. The second kappa shape index (κ2) is 3.95. The Kier molecular flexibility index (Phi) is 2.92. The van der Waals surface area contributed by atoms with E-state index in [4.69, 9.17) is 5.26 Å². The van der Waals surface area contributed by atoms with E-state index in [1.807, 2.05) is 26.0 Å². The van der Waals surface area contributed by atoms with E-state index in [0.29, 0.717) is 12.2 Å². The Balaban J connectivity index is 2.94. The van der Waals surface area contributed by atoms with Gasteiger partial charge in [-0.1, -0.05) is 12.1 Å². The van der Waals surface area contributed by atoms with Gasteiger partial charge in [0.25, 0.3) is 0 Å². The van der Waals surface area contributed by atoms with E-state index in [-0.39, 0.29) is 0 Å². The average Bonchev–Trinajstić information content (AvgIpc) is 2.10. The van der Waals surface area contributed by atoms with Crippen molar-refractivity contribution >= 4 is 0 Å². The van der Waals surface area contributed by atoms with E-state index >= 15 is 0 Å². The summed E-state index contributed by atoms with van der Waals surface area (Å²) in [5.41, 5.74) is 2.88. The molecule has 0 aliphatic rings. The Hall–Kier alpha value is -1.49. The largest absolute Gasteiger partial charge is 0.507 e. The van der Waals surface area contributed by atoms with Crippen LogP contribution < -0.4 is 0 Å². The molecule has 1 aromatic carbocycles. The molecule has 0 saturated heterocycles. The van der Waals surface area contributed by atoms with Crippen LogP contribution in [-0.4, -0.2) is 5.11 Å². The second-order valence-corrected chi connectivity index (χ2v) is 3.24. The van der Waals surface area contributed by atoms with Crippen molar-refractivity contribution in [3.8, 4) is 11.8 Å². The Bertz CT molecular complexity index is 327. The molecule has 0 fully saturated rings. The lowest BCUT2D eigenvalue weighted by molar-refractivity contribution is 0.466. The van der Waals surface area contributed by atoms with Crippen LogP contribution in [-0.2, 0) is 6.42 Å². The lowest BCUT2D eigenvalue weighted by Gasteiger charge is -2.05. The normalized spacial score (nSPS) is 9.62. The van der Waals surface area contributed by atoms with Crippen molar-refractivity contribution in [1.82, 2.24) is 0 Å². The molecule has 1 aromatic rings.